The SMILES string of the molecule is CCc1c(C(=O)O)ccc(C)c1S(N)(=O)=O. The molecule has 0 radical (unpaired) electrons. The van der Waals surface area contributed by atoms with E-state index >= 15 is 0 Å². The van der Waals surface area contributed by atoms with E-state index in [1.807, 2.05) is 0 Å². The minimum Gasteiger partial charge on any atom is -0.478 e. The van der Waals surface area contributed by atoms with Gasteiger partial charge in [-0.05, 0) is 30.5 Å². The van der Waals surface area contributed by atoms with Gasteiger partial charge in [0.25, 0.3) is 0 Å². The molecule has 0 heterocycles. The van der Waals surface area contributed by atoms with Crippen LogP contribution in [-0.4, -0.2) is 19.5 Å². The van der Waals surface area contributed by atoms with Gasteiger partial charge < -0.3 is 5.11 Å². The maximum Gasteiger partial charge on any atom is 0.336 e. The van der Waals surface area contributed by atoms with Crippen LogP contribution in [-0.2, 0) is 16.4 Å². The molecule has 0 aliphatic carbocycles. The molecule has 0 amide bonds. The summed E-state index contributed by atoms with van der Waals surface area (Å²) in [7, 11) is -3.90. The average molecular weight is 243 g/mol. The molecule has 0 unspecified atom stereocenters. The van der Waals surface area contributed by atoms with Crippen LogP contribution in [0.25, 0.3) is 0 Å². The topological polar surface area (TPSA) is 97.5 Å². The van der Waals surface area contributed by atoms with Crippen molar-refractivity contribution in [2.45, 2.75) is 25.2 Å². The number of hydrogen-bond acceptors (Lipinski definition) is 3. The highest BCUT2D eigenvalue weighted by Crippen LogP contribution is 2.23. The lowest BCUT2D eigenvalue weighted by Crippen LogP contribution is -2.18. The van der Waals surface area contributed by atoms with E-state index < -0.39 is 16.0 Å². The largest absolute Gasteiger partial charge is 0.478 e. The third-order valence-corrected chi connectivity index (χ3v) is 3.46. The van der Waals surface area contributed by atoms with Gasteiger partial charge in [-0.3, -0.25) is 0 Å². The molecule has 88 valence electrons. The van der Waals surface area contributed by atoms with Crippen LogP contribution in [0.2, 0.25) is 0 Å². The molecule has 5 nitrogen and oxygen atoms in total. The first-order chi connectivity index (χ1) is 7.29. The van der Waals surface area contributed by atoms with Crippen molar-refractivity contribution >= 4 is 16.0 Å². The average Bonchev–Trinajstić information content (AvgIpc) is 2.14. The number of rotatable bonds is 3. The van der Waals surface area contributed by atoms with Crippen molar-refractivity contribution < 1.29 is 18.3 Å². The Hall–Kier alpha value is -1.40. The molecule has 0 atom stereocenters. The first kappa shape index (κ1) is 12.7. The highest BCUT2D eigenvalue weighted by molar-refractivity contribution is 7.89. The number of nitrogens with two attached hydrogens (primary N) is 1. The van der Waals surface area contributed by atoms with Gasteiger partial charge in [0.05, 0.1) is 10.5 Å². The van der Waals surface area contributed by atoms with Crippen LogP contribution in [0.1, 0.15) is 28.4 Å². The molecule has 0 fully saturated rings. The molecule has 6 heteroatoms. The zero-order valence-corrected chi connectivity index (χ0v) is 9.84. The summed E-state index contributed by atoms with van der Waals surface area (Å²) in [6.45, 7) is 3.28. The van der Waals surface area contributed by atoms with Gasteiger partial charge in [0, 0.05) is 0 Å². The van der Waals surface area contributed by atoms with Crippen molar-refractivity contribution in [1.29, 1.82) is 0 Å². The van der Waals surface area contributed by atoms with Gasteiger partial charge in [0.2, 0.25) is 10.0 Å². The molecule has 0 saturated carbocycles. The number of carbonyl (C=O) groups is 1. The van der Waals surface area contributed by atoms with Crippen molar-refractivity contribution in [2.75, 3.05) is 0 Å². The Bertz CT molecular complexity index is 534. The lowest BCUT2D eigenvalue weighted by molar-refractivity contribution is 0.0695. The first-order valence-electron chi connectivity index (χ1n) is 4.67. The van der Waals surface area contributed by atoms with Crippen LogP contribution in [0.3, 0.4) is 0 Å². The quantitative estimate of drug-likeness (QED) is 0.824. The maximum atomic E-state index is 11.4. The normalized spacial score (nSPS) is 11.4. The second-order valence-corrected chi connectivity index (χ2v) is 4.94. The highest BCUT2D eigenvalue weighted by atomic mass is 32.2. The Labute approximate surface area is 93.9 Å². The lowest BCUT2D eigenvalue weighted by Gasteiger charge is -2.11. The zero-order valence-electron chi connectivity index (χ0n) is 9.02. The molecular formula is C10H13NO4S. The number of sulfonamides is 1. The van der Waals surface area contributed by atoms with Crippen molar-refractivity contribution in [1.82, 2.24) is 0 Å². The van der Waals surface area contributed by atoms with E-state index in [-0.39, 0.29) is 16.0 Å². The van der Waals surface area contributed by atoms with E-state index in [2.05, 4.69) is 0 Å². The van der Waals surface area contributed by atoms with E-state index in [1.54, 1.807) is 13.8 Å². The second-order valence-electron chi connectivity index (χ2n) is 3.44. The number of benzene rings is 1. The van der Waals surface area contributed by atoms with Crippen LogP contribution in [0.15, 0.2) is 17.0 Å². The van der Waals surface area contributed by atoms with E-state index in [9.17, 15) is 13.2 Å². The Kier molecular flexibility index (Phi) is 3.35. The molecule has 0 aromatic heterocycles. The van der Waals surface area contributed by atoms with Gasteiger partial charge in [-0.2, -0.15) is 0 Å². The van der Waals surface area contributed by atoms with Crippen LogP contribution < -0.4 is 5.14 Å². The Morgan fingerprint density at radius 2 is 2.00 bits per heavy atom. The van der Waals surface area contributed by atoms with Gasteiger partial charge >= 0.3 is 5.97 Å². The number of aromatic carboxylic acids is 1. The van der Waals surface area contributed by atoms with Crippen LogP contribution >= 0.6 is 0 Å². The van der Waals surface area contributed by atoms with Gasteiger partial charge in [-0.15, -0.1) is 0 Å². The molecule has 0 aliphatic rings. The number of primary sulfonamides is 1. The van der Waals surface area contributed by atoms with Crippen LogP contribution in [0.5, 0.6) is 0 Å². The van der Waals surface area contributed by atoms with Crippen LogP contribution in [0.4, 0.5) is 0 Å². The molecule has 0 saturated heterocycles. The molecule has 1 rings (SSSR count). The highest BCUT2D eigenvalue weighted by Gasteiger charge is 2.21. The second kappa shape index (κ2) is 4.23. The molecule has 16 heavy (non-hydrogen) atoms. The number of aryl methyl sites for hydroxylation is 1. The molecular weight excluding hydrogens is 230 g/mol. The van der Waals surface area contributed by atoms with Crippen molar-refractivity contribution in [3.63, 3.8) is 0 Å². The third-order valence-electron chi connectivity index (χ3n) is 2.33. The summed E-state index contributed by atoms with van der Waals surface area (Å²) in [6, 6.07) is 2.84. The first-order valence-corrected chi connectivity index (χ1v) is 6.22. The van der Waals surface area contributed by atoms with E-state index in [0.717, 1.165) is 0 Å². The summed E-state index contributed by atoms with van der Waals surface area (Å²) < 4.78 is 22.8. The molecule has 0 bridgehead atoms. The Morgan fingerprint density at radius 1 is 1.44 bits per heavy atom. The molecule has 1 aromatic carbocycles. The smallest absolute Gasteiger partial charge is 0.336 e. The fourth-order valence-electron chi connectivity index (χ4n) is 1.69. The molecule has 0 spiro atoms. The lowest BCUT2D eigenvalue weighted by atomic mass is 10.0. The summed E-state index contributed by atoms with van der Waals surface area (Å²) in [4.78, 5) is 10.9. The molecule has 1 aromatic rings. The fourth-order valence-corrected chi connectivity index (χ4v) is 2.81. The summed E-state index contributed by atoms with van der Waals surface area (Å²) in [5.41, 5.74) is 0.705. The Balaban J connectivity index is 3.71. The van der Waals surface area contributed by atoms with Gasteiger partial charge in [0.15, 0.2) is 0 Å². The predicted molar refractivity (Wildman–Crippen MR) is 58.9 cm³/mol. The fraction of sp³-hybridized carbons (Fsp3) is 0.300. The minimum absolute atomic E-state index is 0.0166. The standard InChI is InChI=1S/C10H13NO4S/c1-3-7-8(10(12)13)5-4-6(2)9(7)16(11,14)15/h4-5H,3H2,1-2H3,(H,12,13)(H2,11,14,15). The molecule has 0 aliphatic heterocycles. The molecule has 3 N–H and O–H groups in total. The number of carboxylic acid groups (broad SMARTS) is 1. The summed E-state index contributed by atoms with van der Waals surface area (Å²) >= 11 is 0. The van der Waals surface area contributed by atoms with Crippen molar-refractivity contribution in [3.05, 3.63) is 28.8 Å². The van der Waals surface area contributed by atoms with Gasteiger partial charge in [-0.25, -0.2) is 18.4 Å². The van der Waals surface area contributed by atoms with Gasteiger partial charge in [-0.1, -0.05) is 13.0 Å². The van der Waals surface area contributed by atoms with E-state index in [4.69, 9.17) is 10.2 Å². The summed E-state index contributed by atoms with van der Waals surface area (Å²) in [5, 5.41) is 14.0. The van der Waals surface area contributed by atoms with Crippen molar-refractivity contribution in [3.8, 4) is 0 Å². The van der Waals surface area contributed by atoms with E-state index in [0.29, 0.717) is 12.0 Å². The number of carboxylic acids is 1. The Morgan fingerprint density at radius 3 is 2.38 bits per heavy atom. The number of hydrogen-bond donors (Lipinski definition) is 2. The summed E-state index contributed by atoms with van der Waals surface area (Å²) in [6.07, 6.45) is 0.301. The monoisotopic (exact) mass is 243 g/mol. The zero-order chi connectivity index (χ0) is 12.5. The summed E-state index contributed by atoms with van der Waals surface area (Å²) in [5.74, 6) is -1.15. The predicted octanol–water partition coefficient (Wildman–Crippen LogP) is 0.903. The van der Waals surface area contributed by atoms with Crippen LogP contribution in [0, 0.1) is 6.92 Å². The minimum atomic E-state index is -3.90. The van der Waals surface area contributed by atoms with Gasteiger partial charge in [0.1, 0.15) is 0 Å². The van der Waals surface area contributed by atoms with E-state index in [1.165, 1.54) is 12.1 Å². The maximum absolute atomic E-state index is 11.4. The third kappa shape index (κ3) is 2.23. The van der Waals surface area contributed by atoms with Crippen molar-refractivity contribution in [2.24, 2.45) is 5.14 Å².